The van der Waals surface area contributed by atoms with Gasteiger partial charge in [0.15, 0.2) is 0 Å². The third-order valence-corrected chi connectivity index (χ3v) is 8.87. The normalized spacial score (nSPS) is 34.9. The summed E-state index contributed by atoms with van der Waals surface area (Å²) in [6, 6.07) is -4.35. The lowest BCUT2D eigenvalue weighted by Gasteiger charge is -2.30. The molecule has 6 aliphatic rings. The van der Waals surface area contributed by atoms with Gasteiger partial charge in [0.25, 0.3) is 0 Å². The van der Waals surface area contributed by atoms with E-state index in [0.29, 0.717) is 36.1 Å². The lowest BCUT2D eigenvalue weighted by molar-refractivity contribution is -0.132. The Labute approximate surface area is 212 Å². The van der Waals surface area contributed by atoms with Crippen LogP contribution >= 0.6 is 0 Å². The molecule has 0 saturated carbocycles. The summed E-state index contributed by atoms with van der Waals surface area (Å²) in [6.07, 6.45) is 0.649. The van der Waals surface area contributed by atoms with E-state index in [2.05, 4.69) is 0 Å². The molecule has 37 heavy (non-hydrogen) atoms. The summed E-state index contributed by atoms with van der Waals surface area (Å²) in [5.41, 5.74) is 0. The summed E-state index contributed by atoms with van der Waals surface area (Å²) < 4.78 is 35.7. The number of aliphatic hydroxyl groups excluding tert-OH is 2. The fourth-order valence-electron chi connectivity index (χ4n) is 6.77. The van der Waals surface area contributed by atoms with Crippen molar-refractivity contribution in [3.63, 3.8) is 0 Å². The quantitative estimate of drug-likeness (QED) is 0.315. The molecule has 4 bridgehead atoms. The first-order valence-corrected chi connectivity index (χ1v) is 13.6. The SMILES string of the molecule is O=C1[C@@H]2[C@@H](C[C@@H]3CN2C(=O)N3OS(=O)(=O)ON2C(=O)N3C[C@H]2C[C@H]2CN(CCO)C(=O)[C@H]23)CN1CCO. The molecule has 0 radical (unpaired) electrons. The van der Waals surface area contributed by atoms with Gasteiger partial charge in [-0.2, -0.15) is 18.5 Å². The van der Waals surface area contributed by atoms with Crippen molar-refractivity contribution in [2.24, 2.45) is 11.8 Å². The first kappa shape index (κ1) is 24.6. The Kier molecular flexibility index (Phi) is 5.75. The van der Waals surface area contributed by atoms with Crippen LogP contribution in [0, 0.1) is 11.8 Å². The fraction of sp³-hybridized carbons (Fsp3) is 0.800. The van der Waals surface area contributed by atoms with Gasteiger partial charge < -0.3 is 29.8 Å². The number of urea groups is 2. The van der Waals surface area contributed by atoms with E-state index in [1.807, 2.05) is 0 Å². The van der Waals surface area contributed by atoms with Crippen LogP contribution in [0.2, 0.25) is 0 Å². The highest BCUT2D eigenvalue weighted by Gasteiger charge is 2.59. The van der Waals surface area contributed by atoms with Crippen LogP contribution in [0.1, 0.15) is 12.8 Å². The van der Waals surface area contributed by atoms with E-state index >= 15 is 0 Å². The number of hydrogen-bond donors (Lipinski definition) is 2. The van der Waals surface area contributed by atoms with Gasteiger partial charge in [0.05, 0.1) is 25.3 Å². The molecule has 6 aliphatic heterocycles. The lowest BCUT2D eigenvalue weighted by Crippen LogP contribution is -2.48. The standard InChI is InChI=1S/C20H28N6O10S/c27-3-1-21-7-11-5-13-9-23(15(11)17(21)29)19(31)25(13)35-37(33,34)36-26-14-6-12-8-22(2-4-28)18(30)16(12)24(10-14)20(26)32/h11-16,27-28H,1-10H2/t11-,12-,13+,14+,15-,16-/m0/s1. The van der Waals surface area contributed by atoms with Crippen molar-refractivity contribution in [1.82, 2.24) is 29.7 Å². The molecule has 6 amide bonds. The maximum atomic E-state index is 13.0. The van der Waals surface area contributed by atoms with Crippen LogP contribution in [0.5, 0.6) is 0 Å². The van der Waals surface area contributed by atoms with E-state index < -0.39 is 46.6 Å². The van der Waals surface area contributed by atoms with Gasteiger partial charge in [0, 0.05) is 51.1 Å². The number of carbonyl (C=O) groups excluding carboxylic acids is 4. The molecule has 6 saturated heterocycles. The van der Waals surface area contributed by atoms with Crippen molar-refractivity contribution < 1.29 is 46.4 Å². The van der Waals surface area contributed by atoms with Crippen molar-refractivity contribution in [3.8, 4) is 0 Å². The van der Waals surface area contributed by atoms with Crippen molar-refractivity contribution in [1.29, 1.82) is 0 Å². The van der Waals surface area contributed by atoms with Crippen LogP contribution in [0.15, 0.2) is 0 Å². The monoisotopic (exact) mass is 544 g/mol. The van der Waals surface area contributed by atoms with Gasteiger partial charge in [0.2, 0.25) is 11.8 Å². The average Bonchev–Trinajstić information content (AvgIpc) is 3.49. The van der Waals surface area contributed by atoms with E-state index in [1.54, 1.807) is 0 Å². The molecular formula is C20H28N6O10S. The fourth-order valence-corrected chi connectivity index (χ4v) is 7.57. The van der Waals surface area contributed by atoms with Gasteiger partial charge in [-0.05, 0) is 12.8 Å². The molecular weight excluding hydrogens is 516 g/mol. The molecule has 6 rings (SSSR count). The first-order chi connectivity index (χ1) is 17.6. The first-order valence-electron chi connectivity index (χ1n) is 12.3. The van der Waals surface area contributed by atoms with E-state index in [-0.39, 0.29) is 63.0 Å². The number of fused-ring (bicyclic) bond motifs is 8. The van der Waals surface area contributed by atoms with Gasteiger partial charge in [0.1, 0.15) is 12.1 Å². The second-order valence-electron chi connectivity index (χ2n) is 10.3. The highest BCUT2D eigenvalue weighted by molar-refractivity contribution is 7.81. The Hall–Kier alpha value is -2.73. The number of rotatable bonds is 8. The number of aliphatic hydroxyl groups is 2. The Morgan fingerprint density at radius 1 is 0.703 bits per heavy atom. The van der Waals surface area contributed by atoms with Gasteiger partial charge in [-0.1, -0.05) is 0 Å². The highest BCUT2D eigenvalue weighted by atomic mass is 32.3. The zero-order chi connectivity index (χ0) is 26.2. The molecule has 6 atom stereocenters. The van der Waals surface area contributed by atoms with Gasteiger partial charge in [-0.15, -0.1) is 8.57 Å². The molecule has 204 valence electrons. The summed E-state index contributed by atoms with van der Waals surface area (Å²) in [7, 11) is -4.90. The summed E-state index contributed by atoms with van der Waals surface area (Å²) >= 11 is 0. The second-order valence-corrected chi connectivity index (χ2v) is 11.4. The van der Waals surface area contributed by atoms with Gasteiger partial charge in [-0.25, -0.2) is 9.59 Å². The third kappa shape index (κ3) is 3.74. The lowest BCUT2D eigenvalue weighted by atomic mass is 9.91. The molecule has 6 heterocycles. The van der Waals surface area contributed by atoms with Crippen LogP contribution in [0.4, 0.5) is 9.59 Å². The molecule has 0 spiro atoms. The second kappa shape index (κ2) is 8.65. The number of likely N-dealkylation sites (tertiary alicyclic amines) is 2. The molecule has 0 aromatic heterocycles. The van der Waals surface area contributed by atoms with Crippen molar-refractivity contribution in [2.45, 2.75) is 37.0 Å². The topological polar surface area (TPSA) is 181 Å². The van der Waals surface area contributed by atoms with Gasteiger partial charge in [-0.3, -0.25) is 9.59 Å². The van der Waals surface area contributed by atoms with E-state index in [9.17, 15) is 37.8 Å². The van der Waals surface area contributed by atoms with E-state index in [0.717, 1.165) is 0 Å². The maximum absolute atomic E-state index is 13.0. The predicted molar refractivity (Wildman–Crippen MR) is 118 cm³/mol. The molecule has 6 fully saturated rings. The van der Waals surface area contributed by atoms with Crippen LogP contribution < -0.4 is 0 Å². The number of carbonyl (C=O) groups is 4. The molecule has 17 heteroatoms. The average molecular weight is 545 g/mol. The summed E-state index contributed by atoms with van der Waals surface area (Å²) in [5, 5.41) is 19.7. The minimum atomic E-state index is -4.90. The molecule has 0 aromatic rings. The summed E-state index contributed by atoms with van der Waals surface area (Å²) in [4.78, 5) is 57.0. The molecule has 0 aromatic carbocycles. The third-order valence-electron chi connectivity index (χ3n) is 8.18. The smallest absolute Gasteiger partial charge is 0.395 e. The molecule has 0 unspecified atom stereocenters. The minimum Gasteiger partial charge on any atom is -0.395 e. The van der Waals surface area contributed by atoms with E-state index in [1.165, 1.54) is 19.6 Å². The van der Waals surface area contributed by atoms with Crippen LogP contribution in [-0.4, -0.2) is 149 Å². The molecule has 16 nitrogen and oxygen atoms in total. The Morgan fingerprint density at radius 2 is 1.11 bits per heavy atom. The van der Waals surface area contributed by atoms with E-state index in [4.69, 9.17) is 8.57 Å². The number of β-amino-alcohol motifs (C(OH)–C–C–N with tert-alkyl or cyclic N) is 2. The minimum absolute atomic E-state index is 0.100. The number of hydrogen-bond acceptors (Lipinski definition) is 10. The molecule has 0 aliphatic carbocycles. The largest absolute Gasteiger partial charge is 0.442 e. The Bertz CT molecular complexity index is 1060. The van der Waals surface area contributed by atoms with Crippen molar-refractivity contribution >= 4 is 34.3 Å². The highest BCUT2D eigenvalue weighted by Crippen LogP contribution is 2.41. The van der Waals surface area contributed by atoms with Crippen LogP contribution in [-0.2, 0) is 28.6 Å². The predicted octanol–water partition coefficient (Wildman–Crippen LogP) is -3.25. The zero-order valence-corrected chi connectivity index (χ0v) is 20.6. The number of hydroxylamine groups is 4. The Balaban J connectivity index is 1.13. The van der Waals surface area contributed by atoms with Gasteiger partial charge >= 0.3 is 22.5 Å². The van der Waals surface area contributed by atoms with Crippen molar-refractivity contribution in [2.75, 3.05) is 52.5 Å². The van der Waals surface area contributed by atoms with Crippen molar-refractivity contribution in [3.05, 3.63) is 0 Å². The number of nitrogens with zero attached hydrogens (tertiary/aromatic N) is 6. The Morgan fingerprint density at radius 3 is 1.49 bits per heavy atom. The number of piperidine rings is 2. The zero-order valence-electron chi connectivity index (χ0n) is 19.8. The summed E-state index contributed by atoms with van der Waals surface area (Å²) in [5.74, 6) is -1.05. The number of amides is 6. The van der Waals surface area contributed by atoms with Crippen LogP contribution in [0.25, 0.3) is 0 Å². The summed E-state index contributed by atoms with van der Waals surface area (Å²) in [6.45, 7) is 0.822. The molecule has 2 N–H and O–H groups in total. The maximum Gasteiger partial charge on any atom is 0.442 e. The van der Waals surface area contributed by atoms with Crippen LogP contribution in [0.3, 0.4) is 0 Å².